The minimum atomic E-state index is -1.47. The van der Waals surface area contributed by atoms with Gasteiger partial charge in [-0.15, -0.1) is 42.5 Å². The molecule has 8 rings (SSSR count). The fourth-order valence-corrected chi connectivity index (χ4v) is 16.5. The van der Waals surface area contributed by atoms with E-state index >= 15 is 0 Å². The highest BCUT2D eigenvalue weighted by Crippen LogP contribution is 2.54. The van der Waals surface area contributed by atoms with Crippen molar-refractivity contribution in [3.63, 3.8) is 0 Å². The van der Waals surface area contributed by atoms with Crippen molar-refractivity contribution < 1.29 is 0 Å². The van der Waals surface area contributed by atoms with Crippen molar-refractivity contribution in [2.45, 2.75) is 90.0 Å². The topological polar surface area (TPSA) is 0 Å². The Kier molecular flexibility index (Phi) is 36.5. The number of rotatable bonds is 17. The van der Waals surface area contributed by atoms with Crippen LogP contribution in [0.2, 0.25) is 0 Å². The predicted molar refractivity (Wildman–Crippen MR) is 586 cm³/mol. The van der Waals surface area contributed by atoms with Gasteiger partial charge in [0.15, 0.2) is 0 Å². The summed E-state index contributed by atoms with van der Waals surface area (Å²) < 4.78 is 0. The third-order valence-corrected chi connectivity index (χ3v) is 22.4. The van der Waals surface area contributed by atoms with E-state index in [2.05, 4.69) is 237 Å². The zero-order chi connectivity index (χ0) is 94.4. The monoisotopic (exact) mass is 1550 g/mol. The van der Waals surface area contributed by atoms with Crippen LogP contribution in [0.5, 0.6) is 0 Å². The van der Waals surface area contributed by atoms with E-state index in [4.69, 9.17) is 165 Å². The molecule has 0 fully saturated rings. The van der Waals surface area contributed by atoms with Gasteiger partial charge in [0.2, 0.25) is 0 Å². The standard InChI is InChI=1S/C95H43B33/c1-18-26-32-36-39-41-45-48-53-70-71(54-50-44-40-37-33-27-19-2)80-72(55-49-43-38-34-28-20-3)73(56-47-42-35-29-21-4)81(74(57-46-30-22-5)83(80)82-69(52-31-23-6)68(51-24-7)67(25-8)66(17)75(70)82)84-76-62(13)58(9)60(11)64(15)78(76)85(79-65(16)61(12)59(10)63(14)77(79)84)87-90(114-97)89(96)86-88(91(87)118(101)115-98)92(119(102)123(103)104)94(120(116-99)124(105)106)95(121(125(107)108)126(109)110)93(86)122(127(111)112)128(113)117-100/h1,3,6,8H,2,4-5,7,9-17H3. The van der Waals surface area contributed by atoms with Crippen molar-refractivity contribution in [1.29, 1.82) is 0 Å². The minimum absolute atomic E-state index is 0.0539. The van der Waals surface area contributed by atoms with Gasteiger partial charge in [-0.2, -0.15) is 0 Å². The minimum Gasteiger partial charge on any atom is -0.115 e. The van der Waals surface area contributed by atoms with Crippen LogP contribution < -0.4 is 38.2 Å². The number of hydrogen-bond acceptors (Lipinski definition) is 0. The van der Waals surface area contributed by atoms with E-state index in [1.165, 1.54) is 28.4 Å². The summed E-state index contributed by atoms with van der Waals surface area (Å²) in [6.07, 6.45) is 15.7. The molecule has 40 radical (unpaired) electrons. The average Bonchev–Trinajstić information content (AvgIpc) is 0.675. The summed E-state index contributed by atoms with van der Waals surface area (Å²) in [5.74, 6) is 117. The molecule has 0 saturated carbocycles. The molecule has 33 heteroatoms. The normalized spacial score (nSPS) is 9.01. The lowest BCUT2D eigenvalue weighted by molar-refractivity contribution is 1.24. The largest absolute Gasteiger partial charge is 0.115 e. The highest BCUT2D eigenvalue weighted by atomic mass is 14.4. The third kappa shape index (κ3) is 20.1. The van der Waals surface area contributed by atoms with Crippen LogP contribution in [-0.2, 0) is 0 Å². The molecule has 8 aromatic rings. The smallest absolute Gasteiger partial charge is 0.113 e. The fourth-order valence-electron chi connectivity index (χ4n) is 16.5. The lowest BCUT2D eigenvalue weighted by atomic mass is 8.66. The van der Waals surface area contributed by atoms with E-state index in [0.717, 1.165) is 44.5 Å². The summed E-state index contributed by atoms with van der Waals surface area (Å²) in [6, 6.07) is 0. The lowest BCUT2D eigenvalue weighted by Gasteiger charge is -2.42. The Morgan fingerprint density at radius 3 is 1.02 bits per heavy atom. The number of terminal acetylenes is 4. The summed E-state index contributed by atoms with van der Waals surface area (Å²) in [6.45, 7) is 17.9. The second-order valence-corrected chi connectivity index (χ2v) is 29.2. The maximum atomic E-state index is 8.24. The molecule has 522 valence electrons. The zero-order valence-corrected chi connectivity index (χ0v) is 73.4. The number of aryl methyl sites for hydroxylation is 5. The van der Waals surface area contributed by atoms with Crippen molar-refractivity contribution in [3.8, 4) is 285 Å². The average molecular weight is 1540 g/mol. The van der Waals surface area contributed by atoms with Crippen molar-refractivity contribution in [2.75, 3.05) is 0 Å². The van der Waals surface area contributed by atoms with Crippen molar-refractivity contribution in [3.05, 3.63) is 94.6 Å². The van der Waals surface area contributed by atoms with E-state index in [1.54, 1.807) is 27.7 Å². The Hall–Kier alpha value is -12.5. The summed E-state index contributed by atoms with van der Waals surface area (Å²) in [5, 5.41) is 3.95. The van der Waals surface area contributed by atoms with E-state index in [-0.39, 0.29) is 87.8 Å². The molecule has 0 amide bonds. The Morgan fingerprint density at radius 2 is 0.633 bits per heavy atom. The highest BCUT2D eigenvalue weighted by Gasteiger charge is 2.43. The molecule has 0 bridgehead atoms. The summed E-state index contributed by atoms with van der Waals surface area (Å²) in [4.78, 5) is 0. The van der Waals surface area contributed by atoms with Gasteiger partial charge in [0.05, 0.1) is 73.0 Å². The van der Waals surface area contributed by atoms with E-state index in [9.17, 15) is 0 Å². The molecule has 0 aromatic heterocycles. The van der Waals surface area contributed by atoms with Crippen LogP contribution in [0.1, 0.15) is 122 Å². The van der Waals surface area contributed by atoms with Crippen molar-refractivity contribution in [1.82, 2.24) is 0 Å². The molecular weight excluding hydrogens is 1500 g/mol. The van der Waals surface area contributed by atoms with Gasteiger partial charge in [0, 0.05) is 235 Å². The Morgan fingerprint density at radius 1 is 0.258 bits per heavy atom. The summed E-state index contributed by atoms with van der Waals surface area (Å²) in [5.41, 5.74) is 11.2. The number of hydrogen-bond donors (Lipinski definition) is 0. The molecular formula is C95H43B33. The van der Waals surface area contributed by atoms with E-state index in [1.807, 2.05) is 62.3 Å². The lowest BCUT2D eigenvalue weighted by Crippen LogP contribution is -2.80. The SMILES string of the molecule is [B][B]B([B])B(B([B])[B])c1c(B(B([B])[B])B([B])[B])c(B([B][B])B([B])[B])c(B([B])B([B])[B])c2c(B([B])[B][B])c(-c3c4c(C)c(C)c(C)c(C)c4c(-c4c(C#CC#CC#CC)c(C#CC#CC#CC#C)c5c(C#CC#CC#CC#CC)c(C#CC#CC#CC#CC#C)c6c(C)c(C#C)c(C#CC)c(C#CC#C)c6c5c4C#CC#CC)c4c(C)c(C)c(C)c(C)c34)c([B][B])c([B])c12. The Balaban J connectivity index is 2.11. The van der Waals surface area contributed by atoms with E-state index in [0.29, 0.717) is 76.6 Å². The summed E-state index contributed by atoms with van der Waals surface area (Å²) >= 11 is 0. The van der Waals surface area contributed by atoms with Gasteiger partial charge in [-0.25, -0.2) is 0 Å². The molecule has 0 heterocycles. The molecule has 0 spiro atoms. The molecule has 0 unspecified atom stereocenters. The maximum Gasteiger partial charge on any atom is 0.113 e. The highest BCUT2D eigenvalue weighted by molar-refractivity contribution is 7.89. The molecule has 0 aliphatic carbocycles. The third-order valence-electron chi connectivity index (χ3n) is 22.4. The van der Waals surface area contributed by atoms with Gasteiger partial charge in [-0.05, 0) is 349 Å². The van der Waals surface area contributed by atoms with Gasteiger partial charge in [-0.1, -0.05) is 92.4 Å². The van der Waals surface area contributed by atoms with Gasteiger partial charge in [0.1, 0.15) is 7.85 Å². The maximum absolute atomic E-state index is 8.24. The first-order valence-electron chi connectivity index (χ1n) is 39.6. The van der Waals surface area contributed by atoms with Crippen LogP contribution in [0.15, 0.2) is 0 Å². The molecule has 0 atom stereocenters. The Bertz CT molecular complexity index is 7540. The van der Waals surface area contributed by atoms with E-state index < -0.39 is 70.8 Å². The van der Waals surface area contributed by atoms with Crippen LogP contribution in [0.3, 0.4) is 0 Å². The van der Waals surface area contributed by atoms with Crippen LogP contribution >= 0.6 is 0 Å². The molecule has 8 aromatic carbocycles. The molecule has 0 aliphatic rings. The first-order chi connectivity index (χ1) is 61.3. The second-order valence-electron chi connectivity index (χ2n) is 29.2. The molecule has 0 saturated heterocycles. The summed E-state index contributed by atoms with van der Waals surface area (Å²) in [7, 11) is 134. The molecule has 128 heavy (non-hydrogen) atoms. The van der Waals surface area contributed by atoms with Crippen LogP contribution in [-0.4, -0.2) is 239 Å². The van der Waals surface area contributed by atoms with Gasteiger partial charge >= 0.3 is 0 Å². The number of benzene rings is 8. The molecule has 0 aliphatic heterocycles. The predicted octanol–water partition coefficient (Wildman–Crippen LogP) is -3.32. The van der Waals surface area contributed by atoms with Gasteiger partial charge in [-0.3, -0.25) is 0 Å². The quantitative estimate of drug-likeness (QED) is 0.0389. The first kappa shape index (κ1) is 101. The molecule has 0 nitrogen and oxygen atoms in total. The van der Waals surface area contributed by atoms with Crippen LogP contribution in [0.4, 0.5) is 0 Å². The first-order valence-corrected chi connectivity index (χ1v) is 39.6. The molecule has 0 N–H and O–H groups in total. The van der Waals surface area contributed by atoms with Crippen molar-refractivity contribution >= 4 is 331 Å². The number of fused-ring (bicyclic) bond motifs is 6. The Labute approximate surface area is 793 Å². The fraction of sp³-hybridized carbons (Fsp3) is 0.137. The van der Waals surface area contributed by atoms with Gasteiger partial charge < -0.3 is 0 Å². The van der Waals surface area contributed by atoms with Gasteiger partial charge in [0.25, 0.3) is 0 Å². The van der Waals surface area contributed by atoms with Crippen molar-refractivity contribution in [2.24, 2.45) is 0 Å². The second kappa shape index (κ2) is 46.3. The zero-order valence-electron chi connectivity index (χ0n) is 73.4. The van der Waals surface area contributed by atoms with Crippen LogP contribution in [0.25, 0.3) is 76.1 Å². The van der Waals surface area contributed by atoms with Crippen LogP contribution in [0, 0.1) is 325 Å².